The zero-order valence-corrected chi connectivity index (χ0v) is 16.0. The summed E-state index contributed by atoms with van der Waals surface area (Å²) in [5.41, 5.74) is 0.403. The van der Waals surface area contributed by atoms with Crippen molar-refractivity contribution in [3.8, 4) is 0 Å². The Morgan fingerprint density at radius 3 is 2.56 bits per heavy atom. The number of esters is 1. The third-order valence-corrected chi connectivity index (χ3v) is 5.67. The van der Waals surface area contributed by atoms with Crippen LogP contribution in [0.2, 0.25) is 5.02 Å². The van der Waals surface area contributed by atoms with Gasteiger partial charge in [-0.1, -0.05) is 24.4 Å². The van der Waals surface area contributed by atoms with Gasteiger partial charge in [-0.2, -0.15) is 0 Å². The van der Waals surface area contributed by atoms with Gasteiger partial charge in [0.25, 0.3) is 11.8 Å². The highest BCUT2D eigenvalue weighted by Crippen LogP contribution is 2.35. The second-order valence-electron chi connectivity index (χ2n) is 7.19. The van der Waals surface area contributed by atoms with Crippen LogP contribution in [-0.4, -0.2) is 48.4 Å². The van der Waals surface area contributed by atoms with E-state index in [1.807, 2.05) is 4.90 Å². The van der Waals surface area contributed by atoms with Crippen LogP contribution in [0.1, 0.15) is 48.9 Å². The number of piperidine rings is 1. The monoisotopic (exact) mass is 392 g/mol. The van der Waals surface area contributed by atoms with E-state index in [1.165, 1.54) is 19.3 Å². The molecule has 0 radical (unpaired) electrons. The summed E-state index contributed by atoms with van der Waals surface area (Å²) in [5.74, 6) is -0.561. The molecule has 0 aromatic heterocycles. The van der Waals surface area contributed by atoms with Gasteiger partial charge in [-0.25, -0.2) is 0 Å². The molecule has 6 nitrogen and oxygen atoms in total. The molecule has 7 heteroatoms. The molecule has 1 heterocycles. The normalized spacial score (nSPS) is 21.9. The Kier molecular flexibility index (Phi) is 6.72. The molecule has 2 fully saturated rings. The highest BCUT2D eigenvalue weighted by molar-refractivity contribution is 6.30. The Bertz CT molecular complexity index is 690. The summed E-state index contributed by atoms with van der Waals surface area (Å²) in [4.78, 5) is 38.2. The van der Waals surface area contributed by atoms with Gasteiger partial charge in [0.2, 0.25) is 0 Å². The maximum Gasteiger partial charge on any atom is 0.325 e. The van der Waals surface area contributed by atoms with Gasteiger partial charge in [-0.3, -0.25) is 14.4 Å². The van der Waals surface area contributed by atoms with Gasteiger partial charge < -0.3 is 15.0 Å². The average molecular weight is 393 g/mol. The van der Waals surface area contributed by atoms with Crippen molar-refractivity contribution in [2.45, 2.75) is 44.6 Å². The van der Waals surface area contributed by atoms with Gasteiger partial charge in [0.05, 0.1) is 0 Å². The molecule has 2 amide bonds. The number of nitrogens with one attached hydrogen (secondary N) is 1. The smallest absolute Gasteiger partial charge is 0.325 e. The largest absolute Gasteiger partial charge is 0.454 e. The summed E-state index contributed by atoms with van der Waals surface area (Å²) in [6.07, 6.45) is 6.82. The Morgan fingerprint density at radius 2 is 1.78 bits per heavy atom. The molecule has 3 rings (SSSR count). The van der Waals surface area contributed by atoms with Crippen molar-refractivity contribution in [1.29, 1.82) is 0 Å². The van der Waals surface area contributed by atoms with Crippen LogP contribution in [0.3, 0.4) is 0 Å². The quantitative estimate of drug-likeness (QED) is 0.782. The van der Waals surface area contributed by atoms with Gasteiger partial charge in [0, 0.05) is 23.2 Å². The average Bonchev–Trinajstić information content (AvgIpc) is 2.70. The van der Waals surface area contributed by atoms with Crippen molar-refractivity contribution >= 4 is 29.4 Å². The summed E-state index contributed by atoms with van der Waals surface area (Å²) in [6, 6.07) is 6.64. The van der Waals surface area contributed by atoms with Crippen LogP contribution in [0.5, 0.6) is 0 Å². The first-order valence-electron chi connectivity index (χ1n) is 9.53. The standard InChI is InChI=1S/C20H25ClN2O4/c21-16-9-7-15(8-10-16)20(26)22-12-19(25)27-13-18(24)23-11-3-5-14-4-1-2-6-17(14)23/h7-10,14,17H,1-6,11-13H2,(H,22,26)/t14-,17-/m0/s1. The number of nitrogens with zero attached hydrogens (tertiary/aromatic N) is 1. The van der Waals surface area contributed by atoms with Crippen LogP contribution in [0.25, 0.3) is 0 Å². The summed E-state index contributed by atoms with van der Waals surface area (Å²) in [6.45, 7) is 0.199. The topological polar surface area (TPSA) is 75.7 Å². The molecule has 0 bridgehead atoms. The van der Waals surface area contributed by atoms with Crippen LogP contribution in [0, 0.1) is 5.92 Å². The van der Waals surface area contributed by atoms with Crippen molar-refractivity contribution in [3.63, 3.8) is 0 Å². The molecule has 1 aliphatic carbocycles. The molecule has 1 saturated heterocycles. The summed E-state index contributed by atoms with van der Waals surface area (Å²) in [5, 5.41) is 3.02. The second-order valence-corrected chi connectivity index (χ2v) is 7.63. The van der Waals surface area contributed by atoms with Crippen LogP contribution in [0.4, 0.5) is 0 Å². The number of amides is 2. The van der Waals surface area contributed by atoms with E-state index in [0.29, 0.717) is 22.5 Å². The molecule has 2 aliphatic rings. The first-order valence-corrected chi connectivity index (χ1v) is 9.91. The van der Waals surface area contributed by atoms with Crippen LogP contribution in [0.15, 0.2) is 24.3 Å². The maximum atomic E-state index is 12.5. The number of halogens is 1. The van der Waals surface area contributed by atoms with Gasteiger partial charge in [0.15, 0.2) is 6.61 Å². The van der Waals surface area contributed by atoms with Crippen LogP contribution >= 0.6 is 11.6 Å². The number of likely N-dealkylation sites (tertiary alicyclic amines) is 1. The van der Waals surface area contributed by atoms with E-state index in [-0.39, 0.29) is 19.1 Å². The van der Waals surface area contributed by atoms with E-state index in [1.54, 1.807) is 24.3 Å². The zero-order chi connectivity index (χ0) is 19.2. The minimum absolute atomic E-state index is 0.135. The molecule has 1 N–H and O–H groups in total. The molecule has 1 aromatic carbocycles. The van der Waals surface area contributed by atoms with E-state index < -0.39 is 11.9 Å². The fourth-order valence-electron chi connectivity index (χ4n) is 4.07. The maximum absolute atomic E-state index is 12.5. The molecular formula is C20H25ClN2O4. The predicted molar refractivity (Wildman–Crippen MR) is 101 cm³/mol. The molecule has 1 aliphatic heterocycles. The molecule has 27 heavy (non-hydrogen) atoms. The Hall–Kier alpha value is -2.08. The lowest BCUT2D eigenvalue weighted by Gasteiger charge is -2.44. The number of fused-ring (bicyclic) bond motifs is 1. The van der Waals surface area contributed by atoms with Gasteiger partial charge in [-0.15, -0.1) is 0 Å². The molecule has 1 aromatic rings. The Balaban J connectivity index is 1.42. The first-order chi connectivity index (χ1) is 13.0. The number of hydrogen-bond donors (Lipinski definition) is 1. The van der Waals surface area contributed by atoms with Crippen LogP contribution < -0.4 is 5.32 Å². The molecule has 0 unspecified atom stereocenters. The molecule has 146 valence electrons. The summed E-state index contributed by atoms with van der Waals surface area (Å²) in [7, 11) is 0. The predicted octanol–water partition coefficient (Wildman–Crippen LogP) is 2.79. The summed E-state index contributed by atoms with van der Waals surface area (Å²) < 4.78 is 5.08. The van der Waals surface area contributed by atoms with E-state index >= 15 is 0 Å². The highest BCUT2D eigenvalue weighted by Gasteiger charge is 2.35. The molecular weight excluding hydrogens is 368 g/mol. The number of hydrogen-bond acceptors (Lipinski definition) is 4. The molecule has 1 saturated carbocycles. The van der Waals surface area contributed by atoms with Crippen molar-refractivity contribution in [2.24, 2.45) is 5.92 Å². The minimum Gasteiger partial charge on any atom is -0.454 e. The lowest BCUT2D eigenvalue weighted by molar-refractivity contribution is -0.154. The third kappa shape index (κ3) is 5.22. The first kappa shape index (κ1) is 19.7. The fourth-order valence-corrected chi connectivity index (χ4v) is 4.19. The lowest BCUT2D eigenvalue weighted by Crippen LogP contribution is -2.51. The van der Waals surface area contributed by atoms with Crippen LogP contribution in [-0.2, 0) is 14.3 Å². The Morgan fingerprint density at radius 1 is 1.07 bits per heavy atom. The summed E-state index contributed by atoms with van der Waals surface area (Å²) >= 11 is 5.78. The third-order valence-electron chi connectivity index (χ3n) is 5.42. The molecule has 2 atom stereocenters. The number of carbonyl (C=O) groups is 3. The Labute approximate surface area is 164 Å². The molecule has 0 spiro atoms. The number of carbonyl (C=O) groups excluding carboxylic acids is 3. The van der Waals surface area contributed by atoms with Crippen molar-refractivity contribution in [1.82, 2.24) is 10.2 Å². The van der Waals surface area contributed by atoms with Crippen molar-refractivity contribution in [2.75, 3.05) is 19.7 Å². The zero-order valence-electron chi connectivity index (χ0n) is 15.3. The number of rotatable bonds is 5. The van der Waals surface area contributed by atoms with Crippen molar-refractivity contribution < 1.29 is 19.1 Å². The number of ether oxygens (including phenoxy) is 1. The minimum atomic E-state index is -0.622. The van der Waals surface area contributed by atoms with Gasteiger partial charge in [0.1, 0.15) is 6.54 Å². The van der Waals surface area contributed by atoms with E-state index in [0.717, 1.165) is 25.8 Å². The SMILES string of the molecule is O=C(CNC(=O)c1ccc(Cl)cc1)OCC(=O)N1CCC[C@@H]2CCCC[C@@H]21. The lowest BCUT2D eigenvalue weighted by atomic mass is 9.78. The van der Waals surface area contributed by atoms with Crippen molar-refractivity contribution in [3.05, 3.63) is 34.9 Å². The highest BCUT2D eigenvalue weighted by atomic mass is 35.5. The van der Waals surface area contributed by atoms with Gasteiger partial charge >= 0.3 is 5.97 Å². The van der Waals surface area contributed by atoms with E-state index in [9.17, 15) is 14.4 Å². The van der Waals surface area contributed by atoms with E-state index in [2.05, 4.69) is 5.32 Å². The van der Waals surface area contributed by atoms with Gasteiger partial charge in [-0.05, 0) is 55.9 Å². The second kappa shape index (κ2) is 9.22. The number of benzene rings is 1. The fraction of sp³-hybridized carbons (Fsp3) is 0.550. The van der Waals surface area contributed by atoms with E-state index in [4.69, 9.17) is 16.3 Å².